The van der Waals surface area contributed by atoms with Crippen molar-refractivity contribution in [1.82, 2.24) is 5.32 Å². The van der Waals surface area contributed by atoms with Crippen molar-refractivity contribution in [3.8, 4) is 0 Å². The normalized spacial score (nSPS) is 12.7. The van der Waals surface area contributed by atoms with Gasteiger partial charge in [0.25, 0.3) is 0 Å². The van der Waals surface area contributed by atoms with Gasteiger partial charge in [-0.1, -0.05) is 0 Å². The Morgan fingerprint density at radius 2 is 2.40 bits per heavy atom. The third-order valence-corrected chi connectivity index (χ3v) is 1.07. The van der Waals surface area contributed by atoms with Gasteiger partial charge in [0.15, 0.2) is 0 Å². The predicted molar refractivity (Wildman–Crippen MR) is 38.4 cm³/mol. The number of carbonyl (C=O) groups is 1. The van der Waals surface area contributed by atoms with Crippen LogP contribution in [0.1, 0.15) is 13.3 Å². The van der Waals surface area contributed by atoms with Gasteiger partial charge in [-0.2, -0.15) is 0 Å². The molecule has 10 heavy (non-hydrogen) atoms. The molecule has 4 N–H and O–H groups in total. The van der Waals surface area contributed by atoms with Gasteiger partial charge in [0.05, 0.1) is 12.5 Å². The van der Waals surface area contributed by atoms with Crippen molar-refractivity contribution in [2.45, 2.75) is 19.4 Å². The molecule has 0 heterocycles. The van der Waals surface area contributed by atoms with E-state index < -0.39 is 6.10 Å². The number of hydrogen-bond donors (Lipinski definition) is 3. The van der Waals surface area contributed by atoms with Crippen molar-refractivity contribution in [3.63, 3.8) is 0 Å². The van der Waals surface area contributed by atoms with Gasteiger partial charge in [-0.25, -0.2) is 0 Å². The molecule has 0 aromatic heterocycles. The van der Waals surface area contributed by atoms with Crippen LogP contribution in [-0.2, 0) is 4.79 Å². The molecular formula is C6H14N2O2. The molecule has 1 amide bonds. The summed E-state index contributed by atoms with van der Waals surface area (Å²) in [6, 6.07) is 0. The Morgan fingerprint density at radius 3 is 2.80 bits per heavy atom. The Labute approximate surface area is 60.4 Å². The molecule has 0 radical (unpaired) electrons. The fourth-order valence-corrected chi connectivity index (χ4v) is 0.567. The molecule has 0 aliphatic heterocycles. The summed E-state index contributed by atoms with van der Waals surface area (Å²) in [5.41, 5.74) is 5.09. The van der Waals surface area contributed by atoms with Crippen LogP contribution < -0.4 is 11.1 Å². The number of aliphatic hydroxyl groups excluding tert-OH is 1. The van der Waals surface area contributed by atoms with Crippen molar-refractivity contribution < 1.29 is 9.90 Å². The average molecular weight is 146 g/mol. The molecule has 0 aliphatic rings. The quantitative estimate of drug-likeness (QED) is 0.468. The van der Waals surface area contributed by atoms with Gasteiger partial charge in [0.2, 0.25) is 5.91 Å². The number of nitrogens with one attached hydrogen (secondary N) is 1. The van der Waals surface area contributed by atoms with Crippen molar-refractivity contribution in [1.29, 1.82) is 0 Å². The largest absolute Gasteiger partial charge is 0.391 e. The molecule has 60 valence electrons. The zero-order valence-corrected chi connectivity index (χ0v) is 6.13. The first-order chi connectivity index (χ1) is 4.70. The Bertz CT molecular complexity index is 106. The second kappa shape index (κ2) is 5.20. The molecule has 0 saturated heterocycles. The van der Waals surface area contributed by atoms with Gasteiger partial charge >= 0.3 is 0 Å². The lowest BCUT2D eigenvalue weighted by Gasteiger charge is -2.05. The van der Waals surface area contributed by atoms with E-state index in [1.807, 2.05) is 6.92 Å². The fourth-order valence-electron chi connectivity index (χ4n) is 0.567. The number of nitrogens with two attached hydrogens (primary N) is 1. The van der Waals surface area contributed by atoms with E-state index in [0.717, 1.165) is 0 Å². The smallest absolute Gasteiger partial charge is 0.222 e. The first kappa shape index (κ1) is 9.39. The minimum absolute atomic E-state index is 0.102. The summed E-state index contributed by atoms with van der Waals surface area (Å²) in [6.07, 6.45) is -0.601. The summed E-state index contributed by atoms with van der Waals surface area (Å²) < 4.78 is 0. The second-order valence-electron chi connectivity index (χ2n) is 2.05. The van der Waals surface area contributed by atoms with Crippen LogP contribution in [0.5, 0.6) is 0 Å². The van der Waals surface area contributed by atoms with Crippen LogP contribution in [0.3, 0.4) is 0 Å². The lowest BCUT2D eigenvalue weighted by Crippen LogP contribution is -2.30. The number of carbonyl (C=O) groups excluding carboxylic acids is 1. The van der Waals surface area contributed by atoms with Crippen molar-refractivity contribution >= 4 is 5.91 Å². The molecule has 0 fully saturated rings. The highest BCUT2D eigenvalue weighted by Crippen LogP contribution is 1.86. The van der Waals surface area contributed by atoms with E-state index in [2.05, 4.69) is 5.32 Å². The molecule has 0 aliphatic carbocycles. The number of hydrogen-bond acceptors (Lipinski definition) is 3. The third-order valence-electron chi connectivity index (χ3n) is 1.07. The summed E-state index contributed by atoms with van der Waals surface area (Å²) in [6.45, 7) is 2.56. The molecule has 0 saturated carbocycles. The van der Waals surface area contributed by atoms with Crippen LogP contribution >= 0.6 is 0 Å². The zero-order valence-electron chi connectivity index (χ0n) is 6.13. The number of aliphatic hydroxyl groups is 1. The van der Waals surface area contributed by atoms with E-state index in [1.54, 1.807) is 0 Å². The summed E-state index contributed by atoms with van der Waals surface area (Å²) in [4.78, 5) is 10.7. The maximum atomic E-state index is 10.7. The molecule has 0 spiro atoms. The highest BCUT2D eigenvalue weighted by atomic mass is 16.3. The van der Waals surface area contributed by atoms with Crippen LogP contribution in [0.25, 0.3) is 0 Å². The van der Waals surface area contributed by atoms with E-state index in [1.165, 1.54) is 0 Å². The Hall–Kier alpha value is -0.610. The highest BCUT2D eigenvalue weighted by Gasteiger charge is 2.06. The van der Waals surface area contributed by atoms with E-state index in [4.69, 9.17) is 10.8 Å². The van der Waals surface area contributed by atoms with E-state index in [-0.39, 0.29) is 18.9 Å². The van der Waals surface area contributed by atoms with Gasteiger partial charge in [0.1, 0.15) is 0 Å². The highest BCUT2D eigenvalue weighted by molar-refractivity contribution is 5.76. The molecule has 1 unspecified atom stereocenters. The van der Waals surface area contributed by atoms with E-state index >= 15 is 0 Å². The first-order valence-electron chi connectivity index (χ1n) is 3.35. The number of amides is 1. The number of rotatable bonds is 4. The third kappa shape index (κ3) is 4.29. The van der Waals surface area contributed by atoms with Crippen molar-refractivity contribution in [2.75, 3.05) is 13.1 Å². The molecular weight excluding hydrogens is 132 g/mol. The molecule has 0 bridgehead atoms. The Morgan fingerprint density at radius 1 is 1.80 bits per heavy atom. The van der Waals surface area contributed by atoms with Gasteiger partial charge < -0.3 is 16.2 Å². The van der Waals surface area contributed by atoms with Crippen LogP contribution in [0, 0.1) is 0 Å². The summed E-state index contributed by atoms with van der Waals surface area (Å²) >= 11 is 0. The lowest BCUT2D eigenvalue weighted by atomic mass is 10.2. The molecule has 0 aromatic carbocycles. The van der Waals surface area contributed by atoms with Crippen LogP contribution in [0.4, 0.5) is 0 Å². The average Bonchev–Trinajstić information content (AvgIpc) is 1.88. The maximum absolute atomic E-state index is 10.7. The minimum atomic E-state index is -0.702. The Kier molecular flexibility index (Phi) is 4.88. The van der Waals surface area contributed by atoms with E-state index in [9.17, 15) is 4.79 Å². The monoisotopic (exact) mass is 146 g/mol. The summed E-state index contributed by atoms with van der Waals surface area (Å²) in [7, 11) is 0. The standard InChI is InChI=1S/C6H14N2O2/c1-2-8-6(10)3-5(9)4-7/h5,9H,2-4,7H2,1H3,(H,8,10). The van der Waals surface area contributed by atoms with Crippen LogP contribution in [0.15, 0.2) is 0 Å². The SMILES string of the molecule is CCNC(=O)CC(O)CN. The van der Waals surface area contributed by atoms with Gasteiger partial charge in [-0.05, 0) is 6.92 Å². The molecule has 4 nitrogen and oxygen atoms in total. The van der Waals surface area contributed by atoms with Crippen molar-refractivity contribution in [2.24, 2.45) is 5.73 Å². The maximum Gasteiger partial charge on any atom is 0.222 e. The topological polar surface area (TPSA) is 75.3 Å². The van der Waals surface area contributed by atoms with Crippen LogP contribution in [-0.4, -0.2) is 30.2 Å². The minimum Gasteiger partial charge on any atom is -0.391 e. The van der Waals surface area contributed by atoms with Gasteiger partial charge in [-0.15, -0.1) is 0 Å². The molecule has 1 atom stereocenters. The summed E-state index contributed by atoms with van der Waals surface area (Å²) in [5.74, 6) is -0.152. The predicted octanol–water partition coefficient (Wildman–Crippen LogP) is -1.17. The van der Waals surface area contributed by atoms with Gasteiger partial charge in [-0.3, -0.25) is 4.79 Å². The molecule has 0 aromatic rings. The Balaban J connectivity index is 3.37. The zero-order chi connectivity index (χ0) is 7.98. The molecule has 0 rings (SSSR count). The lowest BCUT2D eigenvalue weighted by molar-refractivity contribution is -0.122. The van der Waals surface area contributed by atoms with Crippen molar-refractivity contribution in [3.05, 3.63) is 0 Å². The summed E-state index contributed by atoms with van der Waals surface area (Å²) in [5, 5.41) is 11.4. The fraction of sp³-hybridized carbons (Fsp3) is 0.833. The molecule has 4 heteroatoms. The first-order valence-corrected chi connectivity index (χ1v) is 3.35. The van der Waals surface area contributed by atoms with Crippen LogP contribution in [0.2, 0.25) is 0 Å². The van der Waals surface area contributed by atoms with E-state index in [0.29, 0.717) is 6.54 Å². The van der Waals surface area contributed by atoms with Gasteiger partial charge in [0, 0.05) is 13.1 Å². The second-order valence-corrected chi connectivity index (χ2v) is 2.05.